The third kappa shape index (κ3) is 5.95. The van der Waals surface area contributed by atoms with Crippen molar-refractivity contribution in [3.05, 3.63) is 295 Å². The average Bonchev–Trinajstić information content (AvgIpc) is 3.72. The highest BCUT2D eigenvalue weighted by molar-refractivity contribution is 6.05. The second kappa shape index (κ2) is 16.0. The van der Waals surface area contributed by atoms with Gasteiger partial charge in [0.25, 0.3) is 0 Å². The number of nitrogens with zero attached hydrogens (tertiary/aromatic N) is 3. The highest BCUT2D eigenvalue weighted by Gasteiger charge is 2.52. The number of hydrogen-bond acceptors (Lipinski definition) is 3. The highest BCUT2D eigenvalue weighted by Crippen LogP contribution is 2.65. The number of para-hydroxylation sites is 4. The fourth-order valence-electron chi connectivity index (χ4n) is 11.9. The lowest BCUT2D eigenvalue weighted by Crippen LogP contribution is -2.36. The monoisotopic (exact) mass is 891 g/mol. The minimum Gasteiger partial charge on any atom is -0.310 e. The Morgan fingerprint density at radius 1 is 0.257 bits per heavy atom. The normalized spacial score (nSPS) is 12.9. The summed E-state index contributed by atoms with van der Waals surface area (Å²) in [5.41, 5.74) is 16.9. The molecule has 1 aliphatic heterocycles. The molecule has 0 radical (unpaired) electrons. The maximum Gasteiger partial charge on any atom is 0.0755 e. The third-order valence-corrected chi connectivity index (χ3v) is 14.8. The maximum atomic E-state index is 2.52. The van der Waals surface area contributed by atoms with Gasteiger partial charge in [-0.1, -0.05) is 194 Å². The molecule has 0 amide bonds. The zero-order valence-electron chi connectivity index (χ0n) is 38.3. The minimum atomic E-state index is -0.729. The number of benzene rings is 12. The summed E-state index contributed by atoms with van der Waals surface area (Å²) in [6.45, 7) is 0. The molecule has 0 saturated heterocycles. The van der Waals surface area contributed by atoms with E-state index >= 15 is 0 Å². The Labute approximate surface area is 408 Å². The van der Waals surface area contributed by atoms with E-state index in [-0.39, 0.29) is 0 Å². The first-order valence-corrected chi connectivity index (χ1v) is 24.2. The van der Waals surface area contributed by atoms with Crippen molar-refractivity contribution in [2.45, 2.75) is 5.41 Å². The van der Waals surface area contributed by atoms with Gasteiger partial charge < -0.3 is 14.7 Å². The van der Waals surface area contributed by atoms with Crippen molar-refractivity contribution in [3.63, 3.8) is 0 Å². The van der Waals surface area contributed by atoms with Gasteiger partial charge in [0.15, 0.2) is 0 Å². The highest BCUT2D eigenvalue weighted by atomic mass is 15.2. The number of anilines is 9. The summed E-state index contributed by atoms with van der Waals surface area (Å²) in [5, 5.41) is 7.23. The van der Waals surface area contributed by atoms with Crippen LogP contribution in [0.3, 0.4) is 0 Å². The van der Waals surface area contributed by atoms with E-state index in [0.717, 1.165) is 51.2 Å². The largest absolute Gasteiger partial charge is 0.310 e. The molecule has 2 aliphatic rings. The van der Waals surface area contributed by atoms with Crippen LogP contribution >= 0.6 is 0 Å². The Bertz CT molecular complexity index is 3750. The van der Waals surface area contributed by atoms with E-state index in [1.165, 1.54) is 65.7 Å². The van der Waals surface area contributed by atoms with Gasteiger partial charge in [-0.05, 0) is 128 Å². The van der Waals surface area contributed by atoms with Crippen molar-refractivity contribution in [2.75, 3.05) is 14.7 Å². The van der Waals surface area contributed by atoms with Crippen molar-refractivity contribution in [1.29, 1.82) is 0 Å². The van der Waals surface area contributed by atoms with Crippen LogP contribution < -0.4 is 14.7 Å². The van der Waals surface area contributed by atoms with Gasteiger partial charge in [-0.3, -0.25) is 0 Å². The van der Waals surface area contributed by atoms with Gasteiger partial charge in [0.05, 0.1) is 33.9 Å². The fraction of sp³-hybridized carbons (Fsp3) is 0.0149. The lowest BCUT2D eigenvalue weighted by Gasteiger charge is -2.45. The van der Waals surface area contributed by atoms with Crippen LogP contribution in [0.5, 0.6) is 0 Å². The molecule has 70 heavy (non-hydrogen) atoms. The standard InChI is InChI=1S/C67H45N3/c1-3-26-49(27-4-1)68(62-37-17-23-46-20-7-10-30-53(46)62)51-40-42-56-57-43-41-52(69(50-28-5-2-6-29-50)63-38-18-24-47-21-8-11-31-54(47)63)45-61(57)67(60(56)44-51)58-33-13-15-35-65(58)70(66-36-16-14-34-59(66)67)64-39-19-25-48-22-9-12-32-55(48)64/h1-45H. The zero-order valence-corrected chi connectivity index (χ0v) is 38.3. The van der Waals surface area contributed by atoms with Crippen LogP contribution in [0, 0.1) is 0 Å². The summed E-state index contributed by atoms with van der Waals surface area (Å²) in [6, 6.07) is 101. The van der Waals surface area contributed by atoms with Gasteiger partial charge in [0.1, 0.15) is 0 Å². The van der Waals surface area contributed by atoms with Crippen molar-refractivity contribution < 1.29 is 0 Å². The van der Waals surface area contributed by atoms with Crippen LogP contribution in [0.4, 0.5) is 51.2 Å². The summed E-state index contributed by atoms with van der Waals surface area (Å²) in [4.78, 5) is 7.42. The van der Waals surface area contributed by atoms with Crippen molar-refractivity contribution in [2.24, 2.45) is 0 Å². The van der Waals surface area contributed by atoms with Gasteiger partial charge >= 0.3 is 0 Å². The van der Waals surface area contributed by atoms with Crippen molar-refractivity contribution in [1.82, 2.24) is 0 Å². The molecule has 0 aromatic heterocycles. The fourth-order valence-corrected chi connectivity index (χ4v) is 11.9. The van der Waals surface area contributed by atoms with Crippen molar-refractivity contribution >= 4 is 83.5 Å². The molecule has 0 fully saturated rings. The van der Waals surface area contributed by atoms with E-state index in [0.29, 0.717) is 0 Å². The van der Waals surface area contributed by atoms with Crippen molar-refractivity contribution in [3.8, 4) is 11.1 Å². The average molecular weight is 892 g/mol. The molecular formula is C67H45N3. The molecule has 3 nitrogen and oxygen atoms in total. The molecule has 0 saturated carbocycles. The number of rotatable bonds is 7. The van der Waals surface area contributed by atoms with E-state index in [2.05, 4.69) is 288 Å². The minimum absolute atomic E-state index is 0.729. The maximum absolute atomic E-state index is 2.52. The van der Waals surface area contributed by atoms with Crippen LogP contribution in [-0.2, 0) is 5.41 Å². The molecule has 0 atom stereocenters. The van der Waals surface area contributed by atoms with Crippen LogP contribution in [0.1, 0.15) is 22.3 Å². The number of fused-ring (bicyclic) bond motifs is 12. The summed E-state index contributed by atoms with van der Waals surface area (Å²) in [6.07, 6.45) is 0. The molecular weight excluding hydrogens is 847 g/mol. The SMILES string of the molecule is c1ccc(N(c2ccc3c(c2)C2(c4cc(N(c5ccccc5)c5cccc6ccccc56)ccc4-3)c3ccccc3N(c3cccc4ccccc34)c3ccccc32)c2cccc3ccccc23)cc1. The Morgan fingerprint density at radius 2 is 0.629 bits per heavy atom. The second-order valence-corrected chi connectivity index (χ2v) is 18.4. The topological polar surface area (TPSA) is 9.72 Å². The first-order chi connectivity index (χ1) is 34.8. The summed E-state index contributed by atoms with van der Waals surface area (Å²) < 4.78 is 0. The first kappa shape index (κ1) is 39.9. The summed E-state index contributed by atoms with van der Waals surface area (Å²) >= 11 is 0. The van der Waals surface area contributed by atoms with E-state index < -0.39 is 5.41 Å². The first-order valence-electron chi connectivity index (χ1n) is 24.2. The van der Waals surface area contributed by atoms with Gasteiger partial charge in [-0.25, -0.2) is 0 Å². The molecule has 1 heterocycles. The summed E-state index contributed by atoms with van der Waals surface area (Å²) in [5.74, 6) is 0. The zero-order chi connectivity index (χ0) is 46.2. The molecule has 12 aromatic carbocycles. The molecule has 0 bridgehead atoms. The lowest BCUT2D eigenvalue weighted by molar-refractivity contribution is 0.753. The van der Waals surface area contributed by atoms with Crippen LogP contribution in [-0.4, -0.2) is 0 Å². The molecule has 328 valence electrons. The van der Waals surface area contributed by atoms with E-state index in [1.54, 1.807) is 0 Å². The molecule has 1 aliphatic carbocycles. The Balaban J connectivity index is 1.08. The smallest absolute Gasteiger partial charge is 0.0755 e. The molecule has 0 unspecified atom stereocenters. The molecule has 3 heteroatoms. The Kier molecular flexibility index (Phi) is 9.11. The van der Waals surface area contributed by atoms with Gasteiger partial charge in [-0.2, -0.15) is 0 Å². The van der Waals surface area contributed by atoms with Gasteiger partial charge in [0.2, 0.25) is 0 Å². The Morgan fingerprint density at radius 3 is 1.13 bits per heavy atom. The Hall–Kier alpha value is -9.18. The van der Waals surface area contributed by atoms with E-state index in [9.17, 15) is 0 Å². The summed E-state index contributed by atoms with van der Waals surface area (Å²) in [7, 11) is 0. The van der Waals surface area contributed by atoms with Crippen LogP contribution in [0.25, 0.3) is 43.4 Å². The third-order valence-electron chi connectivity index (χ3n) is 14.8. The predicted molar refractivity (Wildman–Crippen MR) is 294 cm³/mol. The molecule has 0 N–H and O–H groups in total. The lowest BCUT2D eigenvalue weighted by atomic mass is 9.64. The van der Waals surface area contributed by atoms with E-state index in [1.807, 2.05) is 0 Å². The molecule has 12 aromatic rings. The van der Waals surface area contributed by atoms with Crippen LogP contribution in [0.2, 0.25) is 0 Å². The molecule has 1 spiro atoms. The van der Waals surface area contributed by atoms with Crippen LogP contribution in [0.15, 0.2) is 273 Å². The molecule has 14 rings (SSSR count). The predicted octanol–water partition coefficient (Wildman–Crippen LogP) is 18.2. The quantitative estimate of drug-likeness (QED) is 0.158. The van der Waals surface area contributed by atoms with E-state index in [4.69, 9.17) is 0 Å². The number of hydrogen-bond donors (Lipinski definition) is 0. The van der Waals surface area contributed by atoms with Gasteiger partial charge in [-0.15, -0.1) is 0 Å². The van der Waals surface area contributed by atoms with Gasteiger partial charge in [0, 0.05) is 38.9 Å². The second-order valence-electron chi connectivity index (χ2n) is 18.4.